The standard InChI is InChI=1S/C21H30N2O/c1-17-3-5-19(6-4-17)16-23-20(24)9-11-21(23)10-2-13-22(14-12-21)15-18-7-8-18/h3-6,18H,2,7-16H2,1H3/t21-/m0/s1. The minimum Gasteiger partial charge on any atom is -0.333 e. The Bertz CT molecular complexity index is 592. The molecule has 0 N–H and O–H groups in total. The molecule has 130 valence electrons. The third kappa shape index (κ3) is 3.37. The van der Waals surface area contributed by atoms with Crippen LogP contribution in [0.2, 0.25) is 0 Å². The number of carbonyl (C=O) groups is 1. The molecule has 4 rings (SSSR count). The van der Waals surface area contributed by atoms with Gasteiger partial charge >= 0.3 is 0 Å². The maximum atomic E-state index is 12.6. The predicted molar refractivity (Wildman–Crippen MR) is 96.7 cm³/mol. The van der Waals surface area contributed by atoms with Crippen LogP contribution in [-0.2, 0) is 11.3 Å². The molecule has 2 heterocycles. The van der Waals surface area contributed by atoms with Crippen LogP contribution in [0.3, 0.4) is 0 Å². The summed E-state index contributed by atoms with van der Waals surface area (Å²) in [5, 5.41) is 0. The molecule has 2 saturated heterocycles. The van der Waals surface area contributed by atoms with E-state index in [1.165, 1.54) is 56.4 Å². The van der Waals surface area contributed by atoms with Gasteiger partial charge in [0.2, 0.25) is 5.91 Å². The Balaban J connectivity index is 1.47. The first-order valence-corrected chi connectivity index (χ1v) is 9.73. The van der Waals surface area contributed by atoms with E-state index >= 15 is 0 Å². The Labute approximate surface area is 146 Å². The second-order valence-corrected chi connectivity index (χ2v) is 8.29. The van der Waals surface area contributed by atoms with Gasteiger partial charge in [0.15, 0.2) is 0 Å². The van der Waals surface area contributed by atoms with E-state index in [1.807, 2.05) is 0 Å². The second kappa shape index (κ2) is 6.51. The van der Waals surface area contributed by atoms with E-state index in [2.05, 4.69) is 41.0 Å². The van der Waals surface area contributed by atoms with Gasteiger partial charge in [-0.25, -0.2) is 0 Å². The normalized spacial score (nSPS) is 28.5. The molecule has 1 amide bonds. The molecule has 1 spiro atoms. The fourth-order valence-corrected chi connectivity index (χ4v) is 4.61. The zero-order valence-electron chi connectivity index (χ0n) is 15.0. The summed E-state index contributed by atoms with van der Waals surface area (Å²) in [6.07, 6.45) is 8.26. The van der Waals surface area contributed by atoms with Crippen LogP contribution in [0, 0.1) is 12.8 Å². The lowest BCUT2D eigenvalue weighted by Crippen LogP contribution is -2.46. The number of amides is 1. The van der Waals surface area contributed by atoms with Crippen LogP contribution in [-0.4, -0.2) is 40.9 Å². The SMILES string of the molecule is Cc1ccc(CN2C(=O)CC[C@]23CCCN(CC2CC2)CC3)cc1. The lowest BCUT2D eigenvalue weighted by molar-refractivity contribution is -0.132. The number of hydrogen-bond acceptors (Lipinski definition) is 2. The van der Waals surface area contributed by atoms with Crippen LogP contribution in [0.15, 0.2) is 24.3 Å². The first-order valence-electron chi connectivity index (χ1n) is 9.73. The minimum atomic E-state index is 0.125. The summed E-state index contributed by atoms with van der Waals surface area (Å²) < 4.78 is 0. The number of likely N-dealkylation sites (tertiary alicyclic amines) is 2. The zero-order chi connectivity index (χ0) is 16.6. The van der Waals surface area contributed by atoms with E-state index in [0.29, 0.717) is 5.91 Å². The Morgan fingerprint density at radius 3 is 2.62 bits per heavy atom. The molecular formula is C21H30N2O. The monoisotopic (exact) mass is 326 g/mol. The molecule has 3 aliphatic rings. The summed E-state index contributed by atoms with van der Waals surface area (Å²) in [5.41, 5.74) is 2.68. The van der Waals surface area contributed by atoms with Gasteiger partial charge in [0.25, 0.3) is 0 Å². The fourth-order valence-electron chi connectivity index (χ4n) is 4.61. The molecule has 0 radical (unpaired) electrons. The van der Waals surface area contributed by atoms with Crippen LogP contribution in [0.1, 0.15) is 56.1 Å². The molecule has 0 unspecified atom stereocenters. The molecule has 24 heavy (non-hydrogen) atoms. The fraction of sp³-hybridized carbons (Fsp3) is 0.667. The molecule has 3 nitrogen and oxygen atoms in total. The van der Waals surface area contributed by atoms with Crippen molar-refractivity contribution in [2.45, 2.75) is 64.0 Å². The topological polar surface area (TPSA) is 23.6 Å². The van der Waals surface area contributed by atoms with Crippen LogP contribution in [0.4, 0.5) is 0 Å². The molecular weight excluding hydrogens is 296 g/mol. The summed E-state index contributed by atoms with van der Waals surface area (Å²) in [6, 6.07) is 8.69. The number of rotatable bonds is 4. The predicted octanol–water partition coefficient (Wildman–Crippen LogP) is 3.75. The molecule has 1 atom stereocenters. The number of aryl methyl sites for hydroxylation is 1. The maximum Gasteiger partial charge on any atom is 0.223 e. The van der Waals surface area contributed by atoms with E-state index in [4.69, 9.17) is 0 Å². The summed E-state index contributed by atoms with van der Waals surface area (Å²) in [5.74, 6) is 1.33. The molecule has 1 saturated carbocycles. The van der Waals surface area contributed by atoms with E-state index < -0.39 is 0 Å². The third-order valence-electron chi connectivity index (χ3n) is 6.36. The summed E-state index contributed by atoms with van der Waals surface area (Å²) in [6.45, 7) is 6.61. The van der Waals surface area contributed by atoms with E-state index in [9.17, 15) is 4.79 Å². The van der Waals surface area contributed by atoms with Crippen molar-refractivity contribution in [3.05, 3.63) is 35.4 Å². The Morgan fingerprint density at radius 2 is 1.88 bits per heavy atom. The Kier molecular flexibility index (Phi) is 4.38. The van der Waals surface area contributed by atoms with Gasteiger partial charge in [-0.1, -0.05) is 29.8 Å². The first-order chi connectivity index (χ1) is 11.6. The summed E-state index contributed by atoms with van der Waals surface area (Å²) in [4.78, 5) is 17.5. The second-order valence-electron chi connectivity index (χ2n) is 8.29. The molecule has 2 aliphatic heterocycles. The van der Waals surface area contributed by atoms with E-state index in [-0.39, 0.29) is 5.54 Å². The highest BCUT2D eigenvalue weighted by Crippen LogP contribution is 2.40. The minimum absolute atomic E-state index is 0.125. The molecule has 3 heteroatoms. The summed E-state index contributed by atoms with van der Waals surface area (Å²) in [7, 11) is 0. The van der Waals surface area contributed by atoms with Crippen molar-refractivity contribution >= 4 is 5.91 Å². The number of carbonyl (C=O) groups excluding carboxylic acids is 1. The van der Waals surface area contributed by atoms with Crippen LogP contribution in [0.25, 0.3) is 0 Å². The lowest BCUT2D eigenvalue weighted by atomic mass is 9.87. The van der Waals surface area contributed by atoms with Gasteiger partial charge in [0, 0.05) is 31.6 Å². The van der Waals surface area contributed by atoms with Gasteiger partial charge in [0.1, 0.15) is 0 Å². The largest absolute Gasteiger partial charge is 0.333 e. The average molecular weight is 326 g/mol. The van der Waals surface area contributed by atoms with Gasteiger partial charge in [-0.2, -0.15) is 0 Å². The molecule has 1 aromatic rings. The van der Waals surface area contributed by atoms with Crippen molar-refractivity contribution in [1.82, 2.24) is 9.80 Å². The highest BCUT2D eigenvalue weighted by Gasteiger charge is 2.45. The van der Waals surface area contributed by atoms with Crippen molar-refractivity contribution < 1.29 is 4.79 Å². The van der Waals surface area contributed by atoms with E-state index in [0.717, 1.165) is 31.7 Å². The highest BCUT2D eigenvalue weighted by atomic mass is 16.2. The number of benzene rings is 1. The van der Waals surface area contributed by atoms with Gasteiger partial charge in [-0.15, -0.1) is 0 Å². The van der Waals surface area contributed by atoms with Gasteiger partial charge < -0.3 is 9.80 Å². The maximum absolute atomic E-state index is 12.6. The molecule has 1 aliphatic carbocycles. The van der Waals surface area contributed by atoms with Gasteiger partial charge in [-0.3, -0.25) is 4.79 Å². The van der Waals surface area contributed by atoms with Crippen molar-refractivity contribution in [3.63, 3.8) is 0 Å². The molecule has 0 bridgehead atoms. The molecule has 3 fully saturated rings. The third-order valence-corrected chi connectivity index (χ3v) is 6.36. The summed E-state index contributed by atoms with van der Waals surface area (Å²) >= 11 is 0. The van der Waals surface area contributed by atoms with Crippen LogP contribution >= 0.6 is 0 Å². The zero-order valence-corrected chi connectivity index (χ0v) is 15.0. The quantitative estimate of drug-likeness (QED) is 0.841. The Hall–Kier alpha value is -1.35. The van der Waals surface area contributed by atoms with Crippen molar-refractivity contribution in [2.75, 3.05) is 19.6 Å². The Morgan fingerprint density at radius 1 is 1.08 bits per heavy atom. The smallest absolute Gasteiger partial charge is 0.223 e. The van der Waals surface area contributed by atoms with Crippen molar-refractivity contribution in [1.29, 1.82) is 0 Å². The number of hydrogen-bond donors (Lipinski definition) is 0. The molecule has 0 aromatic heterocycles. The van der Waals surface area contributed by atoms with Crippen LogP contribution < -0.4 is 0 Å². The van der Waals surface area contributed by atoms with Gasteiger partial charge in [-0.05, 0) is 63.5 Å². The highest BCUT2D eigenvalue weighted by molar-refractivity contribution is 5.79. The molecule has 1 aromatic carbocycles. The van der Waals surface area contributed by atoms with E-state index in [1.54, 1.807) is 0 Å². The van der Waals surface area contributed by atoms with Crippen molar-refractivity contribution in [3.8, 4) is 0 Å². The van der Waals surface area contributed by atoms with Crippen molar-refractivity contribution in [2.24, 2.45) is 5.92 Å². The average Bonchev–Trinajstić information content (AvgIpc) is 3.37. The lowest BCUT2D eigenvalue weighted by Gasteiger charge is -2.38. The van der Waals surface area contributed by atoms with Gasteiger partial charge in [0.05, 0.1) is 0 Å². The van der Waals surface area contributed by atoms with Crippen LogP contribution in [0.5, 0.6) is 0 Å². The first kappa shape index (κ1) is 16.1. The number of nitrogens with zero attached hydrogens (tertiary/aromatic N) is 2.